The number of carboxylic acid groups (broad SMARTS) is 1. The first-order valence-corrected chi connectivity index (χ1v) is 7.20. The Morgan fingerprint density at radius 1 is 1.59 bits per heavy atom. The summed E-state index contributed by atoms with van der Waals surface area (Å²) in [6.07, 6.45) is 0. The van der Waals surface area contributed by atoms with Crippen LogP contribution in [0.1, 0.15) is 27.2 Å². The monoisotopic (exact) mass is 272 g/mol. The molecule has 1 N–H and O–H groups in total. The number of hydrogen-bond acceptors (Lipinski definition) is 5. The molecule has 1 amide bonds. The standard InChI is InChI=1S/C10H12N2O3S2/c1-6-4-16-3-2-12(6)9(13)8-11-7(5-17-8)10(14)15/h5-6H,2-4H2,1H3,(H,14,15). The Morgan fingerprint density at radius 2 is 2.35 bits per heavy atom. The maximum Gasteiger partial charge on any atom is 0.355 e. The van der Waals surface area contributed by atoms with E-state index in [9.17, 15) is 9.59 Å². The lowest BCUT2D eigenvalue weighted by Gasteiger charge is -2.32. The van der Waals surface area contributed by atoms with Crippen LogP contribution in [0.5, 0.6) is 0 Å². The summed E-state index contributed by atoms with van der Waals surface area (Å²) < 4.78 is 0. The van der Waals surface area contributed by atoms with Crippen LogP contribution in [0.3, 0.4) is 0 Å². The van der Waals surface area contributed by atoms with E-state index in [1.54, 1.807) is 4.90 Å². The number of carbonyl (C=O) groups is 2. The Labute approximate surface area is 107 Å². The van der Waals surface area contributed by atoms with Gasteiger partial charge in [0.1, 0.15) is 0 Å². The number of hydrogen-bond donors (Lipinski definition) is 1. The Kier molecular flexibility index (Phi) is 3.68. The van der Waals surface area contributed by atoms with Crippen molar-refractivity contribution in [1.29, 1.82) is 0 Å². The van der Waals surface area contributed by atoms with Crippen LogP contribution in [-0.4, -0.2) is 51.0 Å². The van der Waals surface area contributed by atoms with Crippen molar-refractivity contribution in [3.8, 4) is 0 Å². The van der Waals surface area contributed by atoms with Gasteiger partial charge in [-0.3, -0.25) is 4.79 Å². The third-order valence-corrected chi connectivity index (χ3v) is 4.55. The van der Waals surface area contributed by atoms with E-state index in [0.29, 0.717) is 6.54 Å². The average molecular weight is 272 g/mol. The molecule has 1 aliphatic heterocycles. The SMILES string of the molecule is CC1CSCCN1C(=O)c1nc(C(=O)O)cs1. The zero-order valence-electron chi connectivity index (χ0n) is 9.25. The van der Waals surface area contributed by atoms with Crippen molar-refractivity contribution in [3.63, 3.8) is 0 Å². The van der Waals surface area contributed by atoms with Gasteiger partial charge in [0.2, 0.25) is 0 Å². The molecule has 0 aliphatic carbocycles. The summed E-state index contributed by atoms with van der Waals surface area (Å²) in [5.74, 6) is 0.591. The number of carboxylic acids is 1. The van der Waals surface area contributed by atoms with Crippen molar-refractivity contribution >= 4 is 35.0 Å². The number of thiazole rings is 1. The molecular weight excluding hydrogens is 260 g/mol. The van der Waals surface area contributed by atoms with Crippen LogP contribution in [-0.2, 0) is 0 Å². The maximum atomic E-state index is 12.1. The van der Waals surface area contributed by atoms with Gasteiger partial charge in [-0.25, -0.2) is 9.78 Å². The number of nitrogens with zero attached hydrogens (tertiary/aromatic N) is 2. The first-order valence-electron chi connectivity index (χ1n) is 5.17. The van der Waals surface area contributed by atoms with E-state index in [2.05, 4.69) is 4.98 Å². The Balaban J connectivity index is 2.15. The van der Waals surface area contributed by atoms with Gasteiger partial charge in [-0.05, 0) is 6.92 Å². The molecule has 1 atom stereocenters. The molecule has 1 aromatic rings. The highest BCUT2D eigenvalue weighted by molar-refractivity contribution is 7.99. The summed E-state index contributed by atoms with van der Waals surface area (Å²) >= 11 is 2.92. The van der Waals surface area contributed by atoms with E-state index in [4.69, 9.17) is 5.11 Å². The number of amides is 1. The van der Waals surface area contributed by atoms with Crippen molar-refractivity contribution in [2.24, 2.45) is 0 Å². The van der Waals surface area contributed by atoms with E-state index >= 15 is 0 Å². The van der Waals surface area contributed by atoms with Gasteiger partial charge in [-0.1, -0.05) is 0 Å². The maximum absolute atomic E-state index is 12.1. The van der Waals surface area contributed by atoms with Gasteiger partial charge < -0.3 is 10.0 Å². The summed E-state index contributed by atoms with van der Waals surface area (Å²) in [6, 6.07) is 0.179. The molecule has 0 radical (unpaired) electrons. The van der Waals surface area contributed by atoms with Crippen LogP contribution in [0.25, 0.3) is 0 Å². The molecule has 1 saturated heterocycles. The number of aromatic carboxylic acids is 1. The van der Waals surface area contributed by atoms with Crippen molar-refractivity contribution in [2.75, 3.05) is 18.1 Å². The largest absolute Gasteiger partial charge is 0.476 e. The van der Waals surface area contributed by atoms with Crippen LogP contribution in [0.15, 0.2) is 5.38 Å². The highest BCUT2D eigenvalue weighted by Crippen LogP contribution is 2.20. The molecule has 17 heavy (non-hydrogen) atoms. The Bertz CT molecular complexity index is 447. The van der Waals surface area contributed by atoms with Gasteiger partial charge in [-0.15, -0.1) is 11.3 Å². The molecule has 1 fully saturated rings. The fourth-order valence-electron chi connectivity index (χ4n) is 1.62. The van der Waals surface area contributed by atoms with Crippen LogP contribution in [0, 0.1) is 0 Å². The number of thioether (sulfide) groups is 1. The van der Waals surface area contributed by atoms with E-state index in [0.717, 1.165) is 22.8 Å². The molecule has 2 heterocycles. The number of aromatic nitrogens is 1. The molecule has 1 unspecified atom stereocenters. The number of carbonyl (C=O) groups excluding carboxylic acids is 1. The molecule has 5 nitrogen and oxygen atoms in total. The quantitative estimate of drug-likeness (QED) is 0.881. The van der Waals surface area contributed by atoms with Gasteiger partial charge in [-0.2, -0.15) is 11.8 Å². The van der Waals surface area contributed by atoms with Crippen molar-refractivity contribution in [1.82, 2.24) is 9.88 Å². The lowest BCUT2D eigenvalue weighted by atomic mass is 10.3. The van der Waals surface area contributed by atoms with Crippen LogP contribution >= 0.6 is 23.1 Å². The zero-order chi connectivity index (χ0) is 12.4. The molecule has 0 bridgehead atoms. The molecule has 0 spiro atoms. The summed E-state index contributed by atoms with van der Waals surface area (Å²) in [7, 11) is 0. The molecule has 2 rings (SSSR count). The molecule has 0 saturated carbocycles. The lowest BCUT2D eigenvalue weighted by molar-refractivity contribution is 0.0691. The second-order valence-corrected chi connectivity index (χ2v) is 5.77. The first kappa shape index (κ1) is 12.4. The predicted octanol–water partition coefficient (Wildman–Crippen LogP) is 1.42. The second-order valence-electron chi connectivity index (χ2n) is 3.77. The summed E-state index contributed by atoms with van der Waals surface area (Å²) in [5.41, 5.74) is -0.0580. The van der Waals surface area contributed by atoms with Crippen LogP contribution < -0.4 is 0 Å². The van der Waals surface area contributed by atoms with Gasteiger partial charge >= 0.3 is 5.97 Å². The third kappa shape index (κ3) is 2.61. The highest BCUT2D eigenvalue weighted by atomic mass is 32.2. The number of rotatable bonds is 2. The summed E-state index contributed by atoms with van der Waals surface area (Å²) in [4.78, 5) is 28.4. The second kappa shape index (κ2) is 5.05. The van der Waals surface area contributed by atoms with Crippen LogP contribution in [0.4, 0.5) is 0 Å². The van der Waals surface area contributed by atoms with E-state index in [1.165, 1.54) is 5.38 Å². The summed E-state index contributed by atoms with van der Waals surface area (Å²) in [5, 5.41) is 10.4. The van der Waals surface area contributed by atoms with Crippen molar-refractivity contribution < 1.29 is 14.7 Å². The Hall–Kier alpha value is -1.08. The first-order chi connectivity index (χ1) is 8.09. The van der Waals surface area contributed by atoms with Gasteiger partial charge in [0.15, 0.2) is 10.7 Å². The van der Waals surface area contributed by atoms with Gasteiger partial charge in [0.05, 0.1) is 0 Å². The smallest absolute Gasteiger partial charge is 0.355 e. The minimum Gasteiger partial charge on any atom is -0.476 e. The minimum absolute atomic E-state index is 0.0580. The molecule has 92 valence electrons. The average Bonchev–Trinajstić information content (AvgIpc) is 2.78. The summed E-state index contributed by atoms with van der Waals surface area (Å²) in [6.45, 7) is 2.70. The predicted molar refractivity (Wildman–Crippen MR) is 66.9 cm³/mol. The van der Waals surface area contributed by atoms with E-state index in [1.807, 2.05) is 18.7 Å². The fraction of sp³-hybridized carbons (Fsp3) is 0.500. The third-order valence-electron chi connectivity index (χ3n) is 2.53. The van der Waals surface area contributed by atoms with Crippen molar-refractivity contribution in [2.45, 2.75) is 13.0 Å². The van der Waals surface area contributed by atoms with Gasteiger partial charge in [0, 0.05) is 29.5 Å². The van der Waals surface area contributed by atoms with Crippen molar-refractivity contribution in [3.05, 3.63) is 16.1 Å². The molecule has 7 heteroatoms. The molecule has 0 aromatic carbocycles. The van der Waals surface area contributed by atoms with E-state index in [-0.39, 0.29) is 22.7 Å². The Morgan fingerprint density at radius 3 is 2.94 bits per heavy atom. The van der Waals surface area contributed by atoms with E-state index < -0.39 is 5.97 Å². The molecule has 1 aliphatic rings. The lowest BCUT2D eigenvalue weighted by Crippen LogP contribution is -2.44. The molecular formula is C10H12N2O3S2. The van der Waals surface area contributed by atoms with Crippen LogP contribution in [0.2, 0.25) is 0 Å². The zero-order valence-corrected chi connectivity index (χ0v) is 10.9. The highest BCUT2D eigenvalue weighted by Gasteiger charge is 2.27. The topological polar surface area (TPSA) is 70.5 Å². The minimum atomic E-state index is -1.09. The normalized spacial score (nSPS) is 20.3. The van der Waals surface area contributed by atoms with Gasteiger partial charge in [0.25, 0.3) is 5.91 Å². The molecule has 1 aromatic heterocycles. The fourth-order valence-corrected chi connectivity index (χ4v) is 3.38.